The van der Waals surface area contributed by atoms with Gasteiger partial charge in [0.05, 0.1) is 12.0 Å². The van der Waals surface area contributed by atoms with Crippen LogP contribution in [-0.2, 0) is 4.79 Å². The largest absolute Gasteiger partial charge is 0.343 e. The van der Waals surface area contributed by atoms with Crippen LogP contribution in [-0.4, -0.2) is 23.9 Å². The molecular weight excluding hydrogens is 307 g/mol. The molecule has 1 aromatic rings. The molecule has 1 atom stereocenters. The van der Waals surface area contributed by atoms with Gasteiger partial charge < -0.3 is 4.90 Å². The van der Waals surface area contributed by atoms with Gasteiger partial charge in [0.1, 0.15) is 0 Å². The molecule has 5 heteroatoms. The van der Waals surface area contributed by atoms with Crippen molar-refractivity contribution < 1.29 is 4.79 Å². The van der Waals surface area contributed by atoms with Crippen molar-refractivity contribution in [3.63, 3.8) is 0 Å². The van der Waals surface area contributed by atoms with Crippen LogP contribution in [0.2, 0.25) is 10.0 Å². The molecule has 0 radical (unpaired) electrons. The molecule has 1 aliphatic rings. The summed E-state index contributed by atoms with van der Waals surface area (Å²) >= 11 is 12.0. The van der Waals surface area contributed by atoms with Crippen LogP contribution >= 0.6 is 23.2 Å². The second-order valence-corrected chi connectivity index (χ2v) is 6.19. The number of carbonyl (C=O) groups is 1. The standard InChI is InChI=1S/C16H18Cl2N2O/c17-13-5-6-14(15(18)10-13)12(11-19)9-16(21)20-7-3-1-2-4-8-20/h5-6,10,12H,1-4,7-9H2. The number of nitriles is 1. The predicted octanol–water partition coefficient (Wildman–Crippen LogP) is 4.39. The predicted molar refractivity (Wildman–Crippen MR) is 84.5 cm³/mol. The van der Waals surface area contributed by atoms with Gasteiger partial charge in [-0.05, 0) is 30.5 Å². The minimum absolute atomic E-state index is 0.0365. The Morgan fingerprint density at radius 3 is 2.48 bits per heavy atom. The van der Waals surface area contributed by atoms with Crippen LogP contribution in [0.5, 0.6) is 0 Å². The van der Waals surface area contributed by atoms with Gasteiger partial charge in [-0.15, -0.1) is 0 Å². The lowest BCUT2D eigenvalue weighted by Crippen LogP contribution is -2.32. The normalized spacial score (nSPS) is 16.9. The number of benzene rings is 1. The smallest absolute Gasteiger partial charge is 0.224 e. The van der Waals surface area contributed by atoms with Gasteiger partial charge in [0.2, 0.25) is 5.91 Å². The van der Waals surface area contributed by atoms with Crippen molar-refractivity contribution in [2.75, 3.05) is 13.1 Å². The first-order valence-electron chi connectivity index (χ1n) is 7.24. The lowest BCUT2D eigenvalue weighted by Gasteiger charge is -2.22. The van der Waals surface area contributed by atoms with Crippen molar-refractivity contribution in [2.45, 2.75) is 38.0 Å². The van der Waals surface area contributed by atoms with E-state index in [-0.39, 0.29) is 12.3 Å². The van der Waals surface area contributed by atoms with Crippen LogP contribution in [0, 0.1) is 11.3 Å². The van der Waals surface area contributed by atoms with Gasteiger partial charge in [-0.25, -0.2) is 0 Å². The van der Waals surface area contributed by atoms with Crippen molar-refractivity contribution in [2.24, 2.45) is 0 Å². The van der Waals surface area contributed by atoms with Gasteiger partial charge in [-0.1, -0.05) is 42.1 Å². The topological polar surface area (TPSA) is 44.1 Å². The number of hydrogen-bond donors (Lipinski definition) is 0. The zero-order valence-electron chi connectivity index (χ0n) is 11.8. The molecule has 0 saturated carbocycles. The maximum Gasteiger partial charge on any atom is 0.224 e. The van der Waals surface area contributed by atoms with Crippen LogP contribution in [0.4, 0.5) is 0 Å². The number of carbonyl (C=O) groups excluding carboxylic acids is 1. The molecule has 1 unspecified atom stereocenters. The minimum atomic E-state index is -0.523. The molecule has 1 heterocycles. The number of halogens is 2. The number of rotatable bonds is 3. The molecule has 1 fully saturated rings. The summed E-state index contributed by atoms with van der Waals surface area (Å²) in [7, 11) is 0. The van der Waals surface area contributed by atoms with Crippen molar-refractivity contribution in [3.05, 3.63) is 33.8 Å². The summed E-state index contributed by atoms with van der Waals surface area (Å²) < 4.78 is 0. The van der Waals surface area contributed by atoms with E-state index < -0.39 is 5.92 Å². The molecule has 0 N–H and O–H groups in total. The number of nitrogens with zero attached hydrogens (tertiary/aromatic N) is 2. The minimum Gasteiger partial charge on any atom is -0.343 e. The highest BCUT2D eigenvalue weighted by molar-refractivity contribution is 6.35. The SMILES string of the molecule is N#CC(CC(=O)N1CCCCCC1)c1ccc(Cl)cc1Cl. The zero-order chi connectivity index (χ0) is 15.2. The Balaban J connectivity index is 2.08. The molecule has 0 spiro atoms. The summed E-state index contributed by atoms with van der Waals surface area (Å²) in [4.78, 5) is 14.3. The lowest BCUT2D eigenvalue weighted by atomic mass is 9.96. The second kappa shape index (κ2) is 7.68. The summed E-state index contributed by atoms with van der Waals surface area (Å²) in [5.74, 6) is -0.486. The van der Waals surface area contributed by atoms with Crippen molar-refractivity contribution in [1.82, 2.24) is 4.90 Å². The first-order valence-corrected chi connectivity index (χ1v) is 7.99. The van der Waals surface area contributed by atoms with Crippen LogP contribution in [0.1, 0.15) is 43.6 Å². The quantitative estimate of drug-likeness (QED) is 0.827. The molecule has 1 amide bonds. The zero-order valence-corrected chi connectivity index (χ0v) is 13.3. The Bertz CT molecular complexity index is 546. The van der Waals surface area contributed by atoms with E-state index in [0.717, 1.165) is 25.9 Å². The van der Waals surface area contributed by atoms with E-state index in [9.17, 15) is 10.1 Å². The van der Waals surface area contributed by atoms with Crippen molar-refractivity contribution in [3.8, 4) is 6.07 Å². The molecule has 3 nitrogen and oxygen atoms in total. The van der Waals surface area contributed by atoms with Gasteiger partial charge in [-0.3, -0.25) is 4.79 Å². The Labute approximate surface area is 135 Å². The van der Waals surface area contributed by atoms with E-state index in [1.54, 1.807) is 18.2 Å². The Morgan fingerprint density at radius 1 is 1.24 bits per heavy atom. The fourth-order valence-electron chi connectivity index (χ4n) is 2.63. The van der Waals surface area contributed by atoms with Gasteiger partial charge in [-0.2, -0.15) is 5.26 Å². The maximum absolute atomic E-state index is 12.4. The average Bonchev–Trinajstić information content (AvgIpc) is 2.74. The van der Waals surface area contributed by atoms with E-state index in [1.165, 1.54) is 12.8 Å². The molecular formula is C16H18Cl2N2O. The van der Waals surface area contributed by atoms with Gasteiger partial charge in [0.25, 0.3) is 0 Å². The van der Waals surface area contributed by atoms with Gasteiger partial charge in [0.15, 0.2) is 0 Å². The number of amides is 1. The first kappa shape index (κ1) is 16.1. The fraction of sp³-hybridized carbons (Fsp3) is 0.500. The number of likely N-dealkylation sites (tertiary alicyclic amines) is 1. The summed E-state index contributed by atoms with van der Waals surface area (Å²) in [6.07, 6.45) is 4.62. The van der Waals surface area contributed by atoms with Gasteiger partial charge >= 0.3 is 0 Å². The van der Waals surface area contributed by atoms with Crippen LogP contribution in [0.15, 0.2) is 18.2 Å². The van der Waals surface area contributed by atoms with E-state index in [2.05, 4.69) is 6.07 Å². The average molecular weight is 325 g/mol. The van der Waals surface area contributed by atoms with E-state index in [4.69, 9.17) is 23.2 Å². The summed E-state index contributed by atoms with van der Waals surface area (Å²) in [6, 6.07) is 7.23. The molecule has 21 heavy (non-hydrogen) atoms. The summed E-state index contributed by atoms with van der Waals surface area (Å²) in [5, 5.41) is 10.3. The van der Waals surface area contributed by atoms with E-state index in [0.29, 0.717) is 15.6 Å². The maximum atomic E-state index is 12.4. The molecule has 0 bridgehead atoms. The molecule has 112 valence electrons. The summed E-state index contributed by atoms with van der Waals surface area (Å²) in [6.45, 7) is 1.59. The molecule has 2 rings (SSSR count). The third kappa shape index (κ3) is 4.36. The lowest BCUT2D eigenvalue weighted by molar-refractivity contribution is -0.131. The monoisotopic (exact) mass is 324 g/mol. The second-order valence-electron chi connectivity index (χ2n) is 5.35. The van der Waals surface area contributed by atoms with E-state index >= 15 is 0 Å². The molecule has 0 aliphatic carbocycles. The highest BCUT2D eigenvalue weighted by Gasteiger charge is 2.22. The van der Waals surface area contributed by atoms with Crippen LogP contribution in [0.3, 0.4) is 0 Å². The van der Waals surface area contributed by atoms with Crippen LogP contribution < -0.4 is 0 Å². The van der Waals surface area contributed by atoms with Gasteiger partial charge in [0, 0.05) is 29.6 Å². The molecule has 0 aromatic heterocycles. The Morgan fingerprint density at radius 2 is 1.90 bits per heavy atom. The molecule has 1 aliphatic heterocycles. The number of hydrogen-bond acceptors (Lipinski definition) is 2. The van der Waals surface area contributed by atoms with Crippen LogP contribution in [0.25, 0.3) is 0 Å². The molecule has 1 aromatic carbocycles. The van der Waals surface area contributed by atoms with Crippen molar-refractivity contribution >= 4 is 29.1 Å². The fourth-order valence-corrected chi connectivity index (χ4v) is 3.17. The molecule has 1 saturated heterocycles. The summed E-state index contributed by atoms with van der Waals surface area (Å²) in [5.41, 5.74) is 0.673. The first-order chi connectivity index (χ1) is 10.1. The van der Waals surface area contributed by atoms with Crippen molar-refractivity contribution in [1.29, 1.82) is 5.26 Å². The Hall–Kier alpha value is -1.24. The third-order valence-electron chi connectivity index (χ3n) is 3.83. The van der Waals surface area contributed by atoms with E-state index in [1.807, 2.05) is 4.90 Å². The highest BCUT2D eigenvalue weighted by Crippen LogP contribution is 2.30. The third-order valence-corrected chi connectivity index (χ3v) is 4.39. The Kier molecular flexibility index (Phi) is 5.90. The highest BCUT2D eigenvalue weighted by atomic mass is 35.5.